The van der Waals surface area contributed by atoms with E-state index in [4.69, 9.17) is 16.3 Å². The van der Waals surface area contributed by atoms with Gasteiger partial charge in [0.2, 0.25) is 5.95 Å². The van der Waals surface area contributed by atoms with E-state index < -0.39 is 20.7 Å². The molecule has 1 aliphatic heterocycles. The van der Waals surface area contributed by atoms with Gasteiger partial charge in [-0.05, 0) is 53.2 Å². The number of hydrogen-bond donors (Lipinski definition) is 2. The third-order valence-corrected chi connectivity index (χ3v) is 7.47. The monoisotopic (exact) mass is 495 g/mol. The summed E-state index contributed by atoms with van der Waals surface area (Å²) in [4.78, 5) is 22.8. The first-order chi connectivity index (χ1) is 15.4. The number of sulfone groups is 1. The lowest BCUT2D eigenvalue weighted by Gasteiger charge is -2.24. The molecule has 2 N–H and O–H groups in total. The molecule has 1 aromatic carbocycles. The molecule has 0 bridgehead atoms. The number of anilines is 3. The van der Waals surface area contributed by atoms with Crippen LogP contribution in [0.1, 0.15) is 41.0 Å². The number of rotatable bonds is 6. The number of halogens is 1. The van der Waals surface area contributed by atoms with E-state index in [-0.39, 0.29) is 27.9 Å². The van der Waals surface area contributed by atoms with Crippen LogP contribution in [-0.4, -0.2) is 59.4 Å². The second-order valence-corrected chi connectivity index (χ2v) is 12.0. The number of benzene rings is 1. The standard InChI is InChI=1S/C22H30ClN5O4S/c1-14(2)33(30,31)18-9-7-6-8-17(18)26-19-16(23)12-24-20(27-19)25-15-10-11-28(13-15)21(29)32-22(3,4)5/h6-9,12,14-15H,10-11,13H2,1-5H3,(H2,24,25,26,27)/t15-/m1/s1. The molecule has 1 aromatic heterocycles. The normalized spacial score (nSPS) is 16.7. The number of likely N-dealkylation sites (tertiary alicyclic amines) is 1. The van der Waals surface area contributed by atoms with E-state index in [0.717, 1.165) is 0 Å². The van der Waals surface area contributed by atoms with Crippen LogP contribution in [0.4, 0.5) is 22.2 Å². The predicted molar refractivity (Wildman–Crippen MR) is 129 cm³/mol. The highest BCUT2D eigenvalue weighted by Crippen LogP contribution is 2.30. The van der Waals surface area contributed by atoms with Gasteiger partial charge < -0.3 is 20.3 Å². The van der Waals surface area contributed by atoms with Gasteiger partial charge in [0.15, 0.2) is 15.7 Å². The molecule has 1 amide bonds. The molecule has 0 aliphatic carbocycles. The molecule has 0 unspecified atom stereocenters. The summed E-state index contributed by atoms with van der Waals surface area (Å²) < 4.78 is 30.9. The van der Waals surface area contributed by atoms with Crippen molar-refractivity contribution >= 4 is 45.0 Å². The van der Waals surface area contributed by atoms with Crippen LogP contribution < -0.4 is 10.6 Å². The smallest absolute Gasteiger partial charge is 0.410 e. The lowest BCUT2D eigenvalue weighted by atomic mass is 10.2. The molecule has 2 heterocycles. The lowest BCUT2D eigenvalue weighted by molar-refractivity contribution is 0.0293. The second kappa shape index (κ2) is 9.72. The molecule has 1 aliphatic rings. The van der Waals surface area contributed by atoms with Gasteiger partial charge in [-0.3, -0.25) is 0 Å². The zero-order chi connectivity index (χ0) is 24.4. The van der Waals surface area contributed by atoms with Crippen molar-refractivity contribution in [3.8, 4) is 0 Å². The Morgan fingerprint density at radius 1 is 1.27 bits per heavy atom. The van der Waals surface area contributed by atoms with Crippen molar-refractivity contribution in [2.45, 2.75) is 62.8 Å². The fourth-order valence-corrected chi connectivity index (χ4v) is 4.62. The van der Waals surface area contributed by atoms with Crippen molar-refractivity contribution in [2.75, 3.05) is 23.7 Å². The third-order valence-electron chi connectivity index (χ3n) is 4.98. The van der Waals surface area contributed by atoms with Crippen LogP contribution in [0, 0.1) is 0 Å². The van der Waals surface area contributed by atoms with Crippen molar-refractivity contribution in [3.63, 3.8) is 0 Å². The number of amides is 1. The Labute approximate surface area is 199 Å². The van der Waals surface area contributed by atoms with Crippen molar-refractivity contribution < 1.29 is 17.9 Å². The number of nitrogens with zero attached hydrogens (tertiary/aromatic N) is 3. The maximum atomic E-state index is 12.7. The number of aromatic nitrogens is 2. The SMILES string of the molecule is CC(C)S(=O)(=O)c1ccccc1Nc1nc(N[C@@H]2CCN(C(=O)OC(C)(C)C)C2)ncc1Cl. The molecule has 2 aromatic rings. The Morgan fingerprint density at radius 2 is 1.97 bits per heavy atom. The maximum absolute atomic E-state index is 12.7. The first kappa shape index (κ1) is 25.0. The Kier molecular flexibility index (Phi) is 7.38. The number of nitrogens with one attached hydrogen (secondary N) is 2. The lowest BCUT2D eigenvalue weighted by Crippen LogP contribution is -2.36. The topological polar surface area (TPSA) is 114 Å². The van der Waals surface area contributed by atoms with Crippen LogP contribution in [0.15, 0.2) is 35.4 Å². The zero-order valence-electron chi connectivity index (χ0n) is 19.4. The minimum atomic E-state index is -3.51. The Balaban J connectivity index is 1.74. The van der Waals surface area contributed by atoms with E-state index in [2.05, 4.69) is 20.6 Å². The van der Waals surface area contributed by atoms with Gasteiger partial charge in [-0.1, -0.05) is 23.7 Å². The zero-order valence-corrected chi connectivity index (χ0v) is 21.0. The quantitative estimate of drug-likeness (QED) is 0.603. The van der Waals surface area contributed by atoms with Crippen LogP contribution in [-0.2, 0) is 14.6 Å². The molecule has 1 fully saturated rings. The summed E-state index contributed by atoms with van der Waals surface area (Å²) in [5, 5.41) is 5.92. The van der Waals surface area contributed by atoms with E-state index in [0.29, 0.717) is 31.1 Å². The average Bonchev–Trinajstić information content (AvgIpc) is 3.18. The van der Waals surface area contributed by atoms with Gasteiger partial charge in [-0.15, -0.1) is 0 Å². The van der Waals surface area contributed by atoms with Gasteiger partial charge in [-0.25, -0.2) is 18.2 Å². The molecule has 11 heteroatoms. The minimum absolute atomic E-state index is 0.0554. The molecule has 3 rings (SSSR count). The molecule has 33 heavy (non-hydrogen) atoms. The van der Waals surface area contributed by atoms with E-state index in [1.807, 2.05) is 20.8 Å². The Hall–Kier alpha value is -2.59. The summed E-state index contributed by atoms with van der Waals surface area (Å²) in [7, 11) is -3.51. The third kappa shape index (κ3) is 6.26. The molecule has 1 atom stereocenters. The molecule has 1 saturated heterocycles. The second-order valence-electron chi connectivity index (χ2n) is 9.16. The van der Waals surface area contributed by atoms with E-state index in [1.54, 1.807) is 43.0 Å². The van der Waals surface area contributed by atoms with Crippen LogP contribution in [0.2, 0.25) is 5.02 Å². The van der Waals surface area contributed by atoms with Crippen LogP contribution in [0.3, 0.4) is 0 Å². The maximum Gasteiger partial charge on any atom is 0.410 e. The molecular weight excluding hydrogens is 466 g/mol. The molecule has 0 spiro atoms. The minimum Gasteiger partial charge on any atom is -0.444 e. The largest absolute Gasteiger partial charge is 0.444 e. The summed E-state index contributed by atoms with van der Waals surface area (Å²) in [6.07, 6.45) is 1.80. The van der Waals surface area contributed by atoms with E-state index in [1.165, 1.54) is 6.20 Å². The van der Waals surface area contributed by atoms with Gasteiger partial charge in [0, 0.05) is 19.1 Å². The van der Waals surface area contributed by atoms with Crippen molar-refractivity contribution in [3.05, 3.63) is 35.5 Å². The highest BCUT2D eigenvalue weighted by Gasteiger charge is 2.30. The summed E-state index contributed by atoms with van der Waals surface area (Å²) in [6, 6.07) is 6.57. The van der Waals surface area contributed by atoms with Crippen LogP contribution >= 0.6 is 11.6 Å². The molecule has 0 radical (unpaired) electrons. The highest BCUT2D eigenvalue weighted by atomic mass is 35.5. The molecule has 180 valence electrons. The molecular formula is C22H30ClN5O4S. The molecule has 9 nitrogen and oxygen atoms in total. The van der Waals surface area contributed by atoms with Gasteiger partial charge in [0.05, 0.1) is 22.0 Å². The Morgan fingerprint density at radius 3 is 2.64 bits per heavy atom. The summed E-state index contributed by atoms with van der Waals surface area (Å²) in [5.41, 5.74) is -0.170. The Bertz CT molecular complexity index is 1120. The van der Waals surface area contributed by atoms with Gasteiger partial charge in [0.1, 0.15) is 10.6 Å². The first-order valence-electron chi connectivity index (χ1n) is 10.7. The summed E-state index contributed by atoms with van der Waals surface area (Å²) in [6.45, 7) is 9.78. The highest BCUT2D eigenvalue weighted by molar-refractivity contribution is 7.92. The predicted octanol–water partition coefficient (Wildman–Crippen LogP) is 4.48. The van der Waals surface area contributed by atoms with Gasteiger partial charge >= 0.3 is 6.09 Å². The number of para-hydroxylation sites is 1. The van der Waals surface area contributed by atoms with Gasteiger partial charge in [0.25, 0.3) is 0 Å². The van der Waals surface area contributed by atoms with Crippen LogP contribution in [0.5, 0.6) is 0 Å². The van der Waals surface area contributed by atoms with Crippen LogP contribution in [0.25, 0.3) is 0 Å². The summed E-state index contributed by atoms with van der Waals surface area (Å²) >= 11 is 6.28. The first-order valence-corrected chi connectivity index (χ1v) is 12.7. The van der Waals surface area contributed by atoms with Crippen molar-refractivity contribution in [1.29, 1.82) is 0 Å². The molecule has 0 saturated carbocycles. The van der Waals surface area contributed by atoms with Crippen molar-refractivity contribution in [2.24, 2.45) is 0 Å². The number of carbonyl (C=O) groups excluding carboxylic acids is 1. The number of carbonyl (C=O) groups is 1. The number of ether oxygens (including phenoxy) is 1. The summed E-state index contributed by atoms with van der Waals surface area (Å²) in [5.74, 6) is 0.602. The fraction of sp³-hybridized carbons (Fsp3) is 0.500. The van der Waals surface area contributed by atoms with Crippen molar-refractivity contribution in [1.82, 2.24) is 14.9 Å². The fourth-order valence-electron chi connectivity index (χ4n) is 3.28. The average molecular weight is 496 g/mol. The van der Waals surface area contributed by atoms with Gasteiger partial charge in [-0.2, -0.15) is 4.98 Å². The number of hydrogen-bond acceptors (Lipinski definition) is 8. The van der Waals surface area contributed by atoms with E-state index in [9.17, 15) is 13.2 Å². The van der Waals surface area contributed by atoms with E-state index >= 15 is 0 Å².